The van der Waals surface area contributed by atoms with Gasteiger partial charge in [0.15, 0.2) is 0 Å². The number of hydrogen-bond acceptors (Lipinski definition) is 2. The van der Waals surface area contributed by atoms with Crippen LogP contribution in [-0.2, 0) is 0 Å². The van der Waals surface area contributed by atoms with Crippen LogP contribution in [-0.4, -0.2) is 0 Å². The number of nitrogens with zero attached hydrogens (tertiary/aromatic N) is 2. The molecule has 0 N–H and O–H groups in total. The molecule has 18 rings (SSSR count). The van der Waals surface area contributed by atoms with Gasteiger partial charge in [-0.3, -0.25) is 0 Å². The summed E-state index contributed by atoms with van der Waals surface area (Å²) in [5.74, 6) is 0. The van der Waals surface area contributed by atoms with E-state index in [0.29, 0.717) is 0 Å². The fourth-order valence-corrected chi connectivity index (χ4v) is 15.0. The van der Waals surface area contributed by atoms with Crippen molar-refractivity contribution in [2.45, 2.75) is 0 Å². The van der Waals surface area contributed by atoms with Gasteiger partial charge in [-0.15, -0.1) is 0 Å². The lowest BCUT2D eigenvalue weighted by Gasteiger charge is -2.31. The van der Waals surface area contributed by atoms with E-state index in [-0.39, 0.29) is 0 Å². The number of hydrogen-bond donors (Lipinski definition) is 0. The van der Waals surface area contributed by atoms with E-state index in [0.717, 1.165) is 101 Å². The van der Waals surface area contributed by atoms with Crippen LogP contribution < -0.4 is 9.80 Å². The third kappa shape index (κ3) is 10.5. The molecule has 0 spiro atoms. The summed E-state index contributed by atoms with van der Waals surface area (Å²) in [6.07, 6.45) is 0. The average molecular weight is 1250 g/mol. The van der Waals surface area contributed by atoms with E-state index in [1.54, 1.807) is 0 Å². The molecule has 0 aliphatic carbocycles. The Morgan fingerprint density at radius 2 is 0.398 bits per heavy atom. The van der Waals surface area contributed by atoms with Gasteiger partial charge in [-0.1, -0.05) is 315 Å². The highest BCUT2D eigenvalue weighted by atomic mass is 15.2. The van der Waals surface area contributed by atoms with Crippen molar-refractivity contribution < 1.29 is 0 Å². The Morgan fingerprint density at radius 1 is 0.143 bits per heavy atom. The zero-order valence-electron chi connectivity index (χ0n) is 53.8. The molecule has 98 heavy (non-hydrogen) atoms. The van der Waals surface area contributed by atoms with Gasteiger partial charge in [-0.2, -0.15) is 0 Å². The molecule has 0 amide bonds. The lowest BCUT2D eigenvalue weighted by molar-refractivity contribution is 1.29. The first-order chi connectivity index (χ1) is 48.6. The highest BCUT2D eigenvalue weighted by Gasteiger charge is 2.27. The van der Waals surface area contributed by atoms with E-state index in [1.807, 2.05) is 0 Å². The maximum absolute atomic E-state index is 2.49. The maximum atomic E-state index is 2.49. The van der Waals surface area contributed by atoms with Crippen LogP contribution in [0.25, 0.3) is 143 Å². The molecule has 0 aliphatic heterocycles. The van der Waals surface area contributed by atoms with Gasteiger partial charge >= 0.3 is 0 Å². The van der Waals surface area contributed by atoms with Gasteiger partial charge in [0, 0.05) is 45.0 Å². The second kappa shape index (κ2) is 24.8. The Balaban J connectivity index is 0.770. The van der Waals surface area contributed by atoms with Crippen molar-refractivity contribution in [2.24, 2.45) is 0 Å². The molecule has 458 valence electrons. The Labute approximate surface area is 571 Å². The number of rotatable bonds is 14. The molecule has 2 nitrogen and oxygen atoms in total. The minimum atomic E-state index is 1.06. The molecule has 0 radical (unpaired) electrons. The summed E-state index contributed by atoms with van der Waals surface area (Å²) in [4.78, 5) is 4.98. The van der Waals surface area contributed by atoms with Crippen LogP contribution in [0.15, 0.2) is 388 Å². The van der Waals surface area contributed by atoms with E-state index in [1.165, 1.54) is 76.1 Å². The largest absolute Gasteiger partial charge is 0.309 e. The van der Waals surface area contributed by atoms with E-state index in [4.69, 9.17) is 0 Å². The Kier molecular flexibility index (Phi) is 14.6. The third-order valence-corrected chi connectivity index (χ3v) is 19.7. The quantitative estimate of drug-likeness (QED) is 0.100. The van der Waals surface area contributed by atoms with Crippen molar-refractivity contribution in [3.05, 3.63) is 388 Å². The summed E-state index contributed by atoms with van der Waals surface area (Å²) in [5, 5.41) is 12.2. The summed E-state index contributed by atoms with van der Waals surface area (Å²) in [5.41, 5.74) is 25.1. The zero-order chi connectivity index (χ0) is 64.9. The van der Waals surface area contributed by atoms with E-state index >= 15 is 0 Å². The van der Waals surface area contributed by atoms with Crippen LogP contribution in [0.5, 0.6) is 0 Å². The smallest absolute Gasteiger partial charge is 0.0618 e. The molecule has 2 heteroatoms. The summed E-state index contributed by atoms with van der Waals surface area (Å²) in [6.45, 7) is 0. The first-order valence-electron chi connectivity index (χ1n) is 33.8. The minimum absolute atomic E-state index is 1.06. The van der Waals surface area contributed by atoms with Gasteiger partial charge in [0.1, 0.15) is 0 Å². The minimum Gasteiger partial charge on any atom is -0.309 e. The predicted molar refractivity (Wildman–Crippen MR) is 418 cm³/mol. The Bertz CT molecular complexity index is 5440. The molecule has 0 saturated heterocycles. The standard InChI is InChI=1S/C96H64N2/c1-7-23-65(24-8-1)79-61-89(69-29-11-3-12-30-69)95(90(62-79)70-31-13-4-14-32-70)97(83-53-39-67-27-19-21-37-77(67)59-83)81-49-41-73(42-50-81)85-55-45-75-48-58-88-86(56-46-76-47-57-87(85)93(75)94(76)88)74-43-51-82(52-44-74)98(84-54-40-68-28-20-22-38-78(68)60-84)96-91(71-33-15-5-16-34-71)63-80(66-25-9-2-10-26-66)64-92(96)72-35-17-6-18-36-72/h1-64H. The first kappa shape index (κ1) is 57.8. The van der Waals surface area contributed by atoms with Gasteiger partial charge in [-0.25, -0.2) is 0 Å². The second-order valence-electron chi connectivity index (χ2n) is 25.5. The SMILES string of the molecule is c1ccc(-c2cc(-c3ccccc3)c(N(c3ccc(-c4ccc5ccc6c(-c7ccc(N(c8ccc9ccccc9c8)c8c(-c9ccccc9)cc(-c9ccccc9)cc8-c8ccccc8)cc7)ccc7ccc4c5c76)cc3)c3ccc4ccccc4c3)c(-c3ccccc3)c2)cc1. The van der Waals surface area contributed by atoms with E-state index < -0.39 is 0 Å². The molecule has 0 aliphatic rings. The fourth-order valence-electron chi connectivity index (χ4n) is 15.0. The van der Waals surface area contributed by atoms with Crippen LogP contribution in [0.4, 0.5) is 34.1 Å². The maximum Gasteiger partial charge on any atom is 0.0618 e. The van der Waals surface area contributed by atoms with Gasteiger partial charge < -0.3 is 9.80 Å². The third-order valence-electron chi connectivity index (χ3n) is 19.7. The lowest BCUT2D eigenvalue weighted by Crippen LogP contribution is -2.13. The average Bonchev–Trinajstić information content (AvgIpc) is 0.757. The van der Waals surface area contributed by atoms with Crippen LogP contribution in [0.3, 0.4) is 0 Å². The second-order valence-corrected chi connectivity index (χ2v) is 25.5. The van der Waals surface area contributed by atoms with E-state index in [2.05, 4.69) is 398 Å². The summed E-state index contributed by atoms with van der Waals surface area (Å²) in [7, 11) is 0. The molecule has 18 aromatic carbocycles. The molecule has 0 atom stereocenters. The number of anilines is 6. The van der Waals surface area contributed by atoms with Crippen molar-refractivity contribution in [2.75, 3.05) is 9.80 Å². The molecule has 18 aromatic rings. The molecule has 0 fully saturated rings. The fraction of sp³-hybridized carbons (Fsp3) is 0. The zero-order valence-corrected chi connectivity index (χ0v) is 53.8. The van der Waals surface area contributed by atoms with E-state index in [9.17, 15) is 0 Å². The normalized spacial score (nSPS) is 11.5. The molecular formula is C96H64N2. The number of benzene rings is 18. The van der Waals surface area contributed by atoms with Crippen molar-refractivity contribution in [1.82, 2.24) is 0 Å². The monoisotopic (exact) mass is 1240 g/mol. The van der Waals surface area contributed by atoms with Crippen LogP contribution in [0, 0.1) is 0 Å². The van der Waals surface area contributed by atoms with Crippen molar-refractivity contribution in [1.29, 1.82) is 0 Å². The Morgan fingerprint density at radius 3 is 0.724 bits per heavy atom. The van der Waals surface area contributed by atoms with Gasteiger partial charge in [0.25, 0.3) is 0 Å². The van der Waals surface area contributed by atoms with Crippen LogP contribution >= 0.6 is 0 Å². The molecule has 0 saturated carbocycles. The first-order valence-corrected chi connectivity index (χ1v) is 33.8. The molecule has 0 aromatic heterocycles. The van der Waals surface area contributed by atoms with Gasteiger partial charge in [-0.05, 0) is 193 Å². The van der Waals surface area contributed by atoms with Gasteiger partial charge in [0.2, 0.25) is 0 Å². The molecule has 0 heterocycles. The van der Waals surface area contributed by atoms with Crippen LogP contribution in [0.1, 0.15) is 0 Å². The Hall–Kier alpha value is -12.9. The van der Waals surface area contributed by atoms with Crippen LogP contribution in [0.2, 0.25) is 0 Å². The van der Waals surface area contributed by atoms with Gasteiger partial charge in [0.05, 0.1) is 11.4 Å². The summed E-state index contributed by atoms with van der Waals surface area (Å²) in [6, 6.07) is 143. The topological polar surface area (TPSA) is 6.48 Å². The highest BCUT2D eigenvalue weighted by molar-refractivity contribution is 6.27. The van der Waals surface area contributed by atoms with Crippen molar-refractivity contribution in [3.63, 3.8) is 0 Å². The highest BCUT2D eigenvalue weighted by Crippen LogP contribution is 2.53. The predicted octanol–water partition coefficient (Wildman–Crippen LogP) is 27.2. The molecule has 0 bridgehead atoms. The number of fused-ring (bicyclic) bond motifs is 2. The molecule has 0 unspecified atom stereocenters. The molecular weight excluding hydrogens is 1180 g/mol. The summed E-state index contributed by atoms with van der Waals surface area (Å²) >= 11 is 0. The lowest BCUT2D eigenvalue weighted by atomic mass is 9.87. The van der Waals surface area contributed by atoms with Crippen molar-refractivity contribution >= 4 is 88.0 Å². The summed E-state index contributed by atoms with van der Waals surface area (Å²) < 4.78 is 0. The van der Waals surface area contributed by atoms with Crippen molar-refractivity contribution in [3.8, 4) is 89.0 Å².